The Morgan fingerprint density at radius 1 is 1.00 bits per heavy atom. The summed E-state index contributed by atoms with van der Waals surface area (Å²) in [6.07, 6.45) is 0. The van der Waals surface area contributed by atoms with Crippen LogP contribution in [-0.2, 0) is 0 Å². The molecule has 1 saturated carbocycles. The third-order valence-corrected chi connectivity index (χ3v) is 4.79. The minimum atomic E-state index is -1.19. The lowest BCUT2D eigenvalue weighted by molar-refractivity contribution is 0.580. The smallest absolute Gasteiger partial charge is 0.168 e. The summed E-state index contributed by atoms with van der Waals surface area (Å²) in [5, 5.41) is 0.628. The van der Waals surface area contributed by atoms with Gasteiger partial charge in [0, 0.05) is 11.1 Å². The van der Waals surface area contributed by atoms with Crippen molar-refractivity contribution in [1.29, 1.82) is 0 Å². The van der Waals surface area contributed by atoms with Crippen LogP contribution in [0.2, 0.25) is 5.02 Å². The molecule has 1 aromatic rings. The second-order valence-corrected chi connectivity index (χ2v) is 8.01. The van der Waals surface area contributed by atoms with Crippen molar-refractivity contribution in [1.82, 2.24) is 0 Å². The van der Waals surface area contributed by atoms with Crippen LogP contribution in [0.5, 0.6) is 0 Å². The molecular weight excluding hydrogens is 347 g/mol. The third-order valence-electron chi connectivity index (χ3n) is 2.95. The molecule has 0 heterocycles. The van der Waals surface area contributed by atoms with Crippen LogP contribution in [-0.4, -0.2) is 20.4 Å². The molecule has 1 fully saturated rings. The Balaban J connectivity index is 2.41. The van der Waals surface area contributed by atoms with Gasteiger partial charge in [0.05, 0.1) is 11.6 Å². The molecule has 0 spiro atoms. The molecule has 0 aliphatic heterocycles. The molecule has 0 unspecified atom stereocenters. The Kier molecular flexibility index (Phi) is 4.36. The standard InChI is InChI=1S/C13H12Cl5N/c1-7(2)19-11-12(15,16)10(13(11,17)18)8-3-5-9(14)6-4-8/h3-7,10H,1-2H3. The van der Waals surface area contributed by atoms with E-state index in [0.717, 1.165) is 5.56 Å². The Hall–Kier alpha value is 0.340. The second kappa shape index (κ2) is 5.27. The average Bonchev–Trinajstić information content (AvgIpc) is 2.28. The van der Waals surface area contributed by atoms with Gasteiger partial charge in [0.2, 0.25) is 0 Å². The summed E-state index contributed by atoms with van der Waals surface area (Å²) >= 11 is 31.4. The highest BCUT2D eigenvalue weighted by atomic mass is 35.5. The Morgan fingerprint density at radius 2 is 1.47 bits per heavy atom. The van der Waals surface area contributed by atoms with Crippen LogP contribution < -0.4 is 0 Å². The summed E-state index contributed by atoms with van der Waals surface area (Å²) in [6, 6.07) is 7.16. The summed E-state index contributed by atoms with van der Waals surface area (Å²) in [5.74, 6) is -0.443. The van der Waals surface area contributed by atoms with Crippen LogP contribution in [0.25, 0.3) is 0 Å². The van der Waals surface area contributed by atoms with Gasteiger partial charge in [-0.25, -0.2) is 0 Å². The fourth-order valence-corrected chi connectivity index (χ4v) is 4.64. The maximum absolute atomic E-state index is 6.37. The minimum Gasteiger partial charge on any atom is -0.285 e. The quantitative estimate of drug-likeness (QED) is 0.607. The molecule has 0 bridgehead atoms. The Bertz CT molecular complexity index is 486. The molecule has 0 saturated heterocycles. The van der Waals surface area contributed by atoms with E-state index in [2.05, 4.69) is 4.99 Å². The van der Waals surface area contributed by atoms with Crippen molar-refractivity contribution in [2.24, 2.45) is 4.99 Å². The lowest BCUT2D eigenvalue weighted by Gasteiger charge is -2.51. The summed E-state index contributed by atoms with van der Waals surface area (Å²) in [5.41, 5.74) is 1.24. The molecule has 0 radical (unpaired) electrons. The first-order valence-electron chi connectivity index (χ1n) is 5.77. The van der Waals surface area contributed by atoms with E-state index in [-0.39, 0.29) is 6.04 Å². The number of aliphatic imine (C=N–C) groups is 1. The summed E-state index contributed by atoms with van der Waals surface area (Å²) in [7, 11) is 0. The monoisotopic (exact) mass is 357 g/mol. The van der Waals surface area contributed by atoms with Crippen LogP contribution in [0.4, 0.5) is 0 Å². The van der Waals surface area contributed by atoms with E-state index in [9.17, 15) is 0 Å². The molecule has 0 aromatic heterocycles. The van der Waals surface area contributed by atoms with Crippen molar-refractivity contribution >= 4 is 63.7 Å². The van der Waals surface area contributed by atoms with Gasteiger partial charge in [-0.3, -0.25) is 4.99 Å². The van der Waals surface area contributed by atoms with Crippen molar-refractivity contribution in [3.05, 3.63) is 34.9 Å². The van der Waals surface area contributed by atoms with E-state index in [4.69, 9.17) is 58.0 Å². The van der Waals surface area contributed by atoms with Crippen LogP contribution in [0.3, 0.4) is 0 Å². The zero-order valence-electron chi connectivity index (χ0n) is 10.3. The zero-order chi connectivity index (χ0) is 14.4. The molecule has 1 aromatic carbocycles. The van der Waals surface area contributed by atoms with Crippen LogP contribution in [0, 0.1) is 0 Å². The number of hydrogen-bond donors (Lipinski definition) is 0. The van der Waals surface area contributed by atoms with Gasteiger partial charge in [-0.15, -0.1) is 0 Å². The number of rotatable bonds is 2. The average molecular weight is 360 g/mol. The van der Waals surface area contributed by atoms with Gasteiger partial charge in [0.25, 0.3) is 0 Å². The number of alkyl halides is 4. The molecule has 0 atom stereocenters. The molecule has 104 valence electrons. The van der Waals surface area contributed by atoms with Gasteiger partial charge >= 0.3 is 0 Å². The summed E-state index contributed by atoms with van der Waals surface area (Å²) in [4.78, 5) is 4.34. The summed E-state index contributed by atoms with van der Waals surface area (Å²) in [6.45, 7) is 3.83. The highest BCUT2D eigenvalue weighted by molar-refractivity contribution is 6.75. The largest absolute Gasteiger partial charge is 0.285 e. The van der Waals surface area contributed by atoms with Gasteiger partial charge in [-0.05, 0) is 31.5 Å². The maximum Gasteiger partial charge on any atom is 0.168 e. The van der Waals surface area contributed by atoms with Crippen LogP contribution >= 0.6 is 58.0 Å². The molecular formula is C13H12Cl5N. The van der Waals surface area contributed by atoms with Gasteiger partial charge < -0.3 is 0 Å². The fourth-order valence-electron chi connectivity index (χ4n) is 2.15. The fraction of sp³-hybridized carbons (Fsp3) is 0.462. The predicted octanol–water partition coefficient (Wildman–Crippen LogP) is 5.63. The molecule has 1 aliphatic carbocycles. The first-order valence-corrected chi connectivity index (χ1v) is 7.66. The molecule has 6 heteroatoms. The Morgan fingerprint density at radius 3 is 1.89 bits per heavy atom. The molecule has 0 amide bonds. The van der Waals surface area contributed by atoms with Crippen LogP contribution in [0.1, 0.15) is 25.3 Å². The SMILES string of the molecule is CC(C)N=C1C(Cl)(Cl)C(c2ccc(Cl)cc2)C1(Cl)Cl. The van der Waals surface area contributed by atoms with Crippen molar-refractivity contribution in [3.8, 4) is 0 Å². The topological polar surface area (TPSA) is 12.4 Å². The van der Waals surface area contributed by atoms with Gasteiger partial charge in [-0.2, -0.15) is 0 Å². The van der Waals surface area contributed by atoms with E-state index in [1.54, 1.807) is 12.1 Å². The van der Waals surface area contributed by atoms with E-state index in [1.807, 2.05) is 26.0 Å². The third kappa shape index (κ3) is 2.73. The lowest BCUT2D eigenvalue weighted by atomic mass is 9.75. The Labute approximate surface area is 137 Å². The number of hydrogen-bond acceptors (Lipinski definition) is 1. The molecule has 19 heavy (non-hydrogen) atoms. The van der Waals surface area contributed by atoms with Gasteiger partial charge in [-0.1, -0.05) is 70.1 Å². The van der Waals surface area contributed by atoms with Crippen molar-refractivity contribution in [2.45, 2.75) is 34.5 Å². The zero-order valence-corrected chi connectivity index (χ0v) is 14.1. The minimum absolute atomic E-state index is 0.0231. The van der Waals surface area contributed by atoms with Crippen LogP contribution in [0.15, 0.2) is 29.3 Å². The molecule has 1 nitrogen and oxygen atoms in total. The number of halogens is 5. The predicted molar refractivity (Wildman–Crippen MR) is 85.6 cm³/mol. The lowest BCUT2D eigenvalue weighted by Crippen LogP contribution is -2.62. The first-order chi connectivity index (χ1) is 8.67. The van der Waals surface area contributed by atoms with E-state index >= 15 is 0 Å². The maximum atomic E-state index is 6.37. The number of nitrogens with zero attached hydrogens (tertiary/aromatic N) is 1. The van der Waals surface area contributed by atoms with E-state index in [1.165, 1.54) is 0 Å². The molecule has 2 rings (SSSR count). The number of benzene rings is 1. The first kappa shape index (κ1) is 15.7. The van der Waals surface area contributed by atoms with Crippen molar-refractivity contribution in [2.75, 3.05) is 0 Å². The summed E-state index contributed by atoms with van der Waals surface area (Å²) < 4.78 is -2.39. The molecule has 1 aliphatic rings. The van der Waals surface area contributed by atoms with Gasteiger partial charge in [0.15, 0.2) is 8.67 Å². The molecule has 0 N–H and O–H groups in total. The highest BCUT2D eigenvalue weighted by Gasteiger charge is 2.67. The highest BCUT2D eigenvalue weighted by Crippen LogP contribution is 2.62. The van der Waals surface area contributed by atoms with Gasteiger partial charge in [0.1, 0.15) is 0 Å². The van der Waals surface area contributed by atoms with E-state index in [0.29, 0.717) is 10.7 Å². The van der Waals surface area contributed by atoms with Crippen molar-refractivity contribution in [3.63, 3.8) is 0 Å². The normalized spacial score (nSPS) is 24.2. The van der Waals surface area contributed by atoms with Crippen molar-refractivity contribution < 1.29 is 0 Å². The van der Waals surface area contributed by atoms with E-state index < -0.39 is 14.6 Å². The second-order valence-electron chi connectivity index (χ2n) is 4.80.